The molecule has 3 aromatic rings. The van der Waals surface area contributed by atoms with Crippen molar-refractivity contribution in [1.29, 1.82) is 0 Å². The number of benzene rings is 1. The monoisotopic (exact) mass is 257 g/mol. The van der Waals surface area contributed by atoms with E-state index in [4.69, 9.17) is 4.74 Å². The molecule has 0 radical (unpaired) electrons. The van der Waals surface area contributed by atoms with Crippen LogP contribution in [0.15, 0.2) is 48.8 Å². The van der Waals surface area contributed by atoms with E-state index >= 15 is 0 Å². The van der Waals surface area contributed by atoms with Gasteiger partial charge in [0.05, 0.1) is 5.69 Å². The number of nitrogens with one attached hydrogen (secondary N) is 2. The Morgan fingerprint density at radius 1 is 1.26 bits per heavy atom. The number of rotatable bonds is 4. The number of alkyl halides is 1. The van der Waals surface area contributed by atoms with E-state index in [-0.39, 0.29) is 0 Å². The molecule has 0 saturated carbocycles. The molecule has 0 aliphatic carbocycles. The number of aromatic nitrogens is 2. The maximum Gasteiger partial charge on any atom is 0.228 e. The van der Waals surface area contributed by atoms with Crippen molar-refractivity contribution in [3.63, 3.8) is 0 Å². The van der Waals surface area contributed by atoms with E-state index in [9.17, 15) is 4.39 Å². The maximum absolute atomic E-state index is 12.1. The summed E-state index contributed by atoms with van der Waals surface area (Å²) in [4.78, 5) is 7.30. The lowest BCUT2D eigenvalue weighted by Crippen LogP contribution is -1.92. The molecule has 0 spiro atoms. The quantitative estimate of drug-likeness (QED) is 0.750. The van der Waals surface area contributed by atoms with Gasteiger partial charge in [0, 0.05) is 29.5 Å². The lowest BCUT2D eigenvalue weighted by molar-refractivity contribution is 0.192. The Hall–Kier alpha value is -2.56. The molecule has 0 fully saturated rings. The molecule has 2 heterocycles. The number of hydrogen-bond donors (Lipinski definition) is 2. The molecule has 19 heavy (non-hydrogen) atoms. The second-order valence-electron chi connectivity index (χ2n) is 4.01. The molecule has 4 nitrogen and oxygen atoms in total. The van der Waals surface area contributed by atoms with Crippen molar-refractivity contribution in [2.75, 3.05) is 12.2 Å². The summed E-state index contributed by atoms with van der Waals surface area (Å²) in [7, 11) is 0. The van der Waals surface area contributed by atoms with Gasteiger partial charge in [-0.2, -0.15) is 0 Å². The van der Waals surface area contributed by atoms with Crippen LogP contribution in [0.5, 0.6) is 5.75 Å². The topological polar surface area (TPSA) is 49.9 Å². The zero-order chi connectivity index (χ0) is 13.1. The van der Waals surface area contributed by atoms with E-state index in [0.29, 0.717) is 5.75 Å². The Kier molecular flexibility index (Phi) is 3.02. The highest BCUT2D eigenvalue weighted by Gasteiger charge is 2.04. The molecule has 3 rings (SSSR count). The number of halogens is 1. The number of anilines is 2. The van der Waals surface area contributed by atoms with Gasteiger partial charge in [0.2, 0.25) is 6.86 Å². The molecule has 0 bridgehead atoms. The third kappa shape index (κ3) is 2.35. The van der Waals surface area contributed by atoms with E-state index < -0.39 is 6.86 Å². The lowest BCUT2D eigenvalue weighted by atomic mass is 10.2. The van der Waals surface area contributed by atoms with Crippen molar-refractivity contribution >= 4 is 22.4 Å². The molecule has 0 aliphatic rings. The predicted molar refractivity (Wildman–Crippen MR) is 72.4 cm³/mol. The van der Waals surface area contributed by atoms with Gasteiger partial charge in [0.25, 0.3) is 0 Å². The number of aromatic amines is 1. The molecular weight excluding hydrogens is 245 g/mol. The third-order valence-corrected chi connectivity index (χ3v) is 2.79. The van der Waals surface area contributed by atoms with Crippen LogP contribution in [0.25, 0.3) is 11.0 Å². The minimum Gasteiger partial charge on any atom is -0.463 e. The standard InChI is InChI=1S/C14H12FN3O/c15-9-19-11-4-1-3-10(7-11)18-13-8-17-14-12(13)5-2-6-16-14/h1-8,18H,9H2,(H,16,17). The minimum absolute atomic E-state index is 0.491. The predicted octanol–water partition coefficient (Wildman–Crippen LogP) is 3.61. The number of H-pyrrole nitrogens is 1. The van der Waals surface area contributed by atoms with Crippen molar-refractivity contribution in [3.05, 3.63) is 48.8 Å². The van der Waals surface area contributed by atoms with Crippen LogP contribution in [0.4, 0.5) is 15.8 Å². The van der Waals surface area contributed by atoms with Crippen LogP contribution in [-0.4, -0.2) is 16.8 Å². The van der Waals surface area contributed by atoms with Crippen LogP contribution in [0, 0.1) is 0 Å². The van der Waals surface area contributed by atoms with Crippen molar-refractivity contribution in [2.24, 2.45) is 0 Å². The van der Waals surface area contributed by atoms with E-state index in [1.807, 2.05) is 24.4 Å². The highest BCUT2D eigenvalue weighted by Crippen LogP contribution is 2.26. The average molecular weight is 257 g/mol. The molecule has 96 valence electrons. The number of fused-ring (bicyclic) bond motifs is 1. The SMILES string of the molecule is FCOc1cccc(Nc2c[nH]c3ncccc23)c1. The summed E-state index contributed by atoms with van der Waals surface area (Å²) in [5.41, 5.74) is 2.57. The summed E-state index contributed by atoms with van der Waals surface area (Å²) in [6.07, 6.45) is 3.58. The van der Waals surface area contributed by atoms with E-state index in [0.717, 1.165) is 22.4 Å². The van der Waals surface area contributed by atoms with Gasteiger partial charge in [0.1, 0.15) is 11.4 Å². The first-order valence-corrected chi connectivity index (χ1v) is 5.85. The molecule has 0 aliphatic heterocycles. The fraction of sp³-hybridized carbons (Fsp3) is 0.0714. The van der Waals surface area contributed by atoms with Gasteiger partial charge in [-0.25, -0.2) is 9.37 Å². The van der Waals surface area contributed by atoms with E-state index in [1.165, 1.54) is 0 Å². The number of nitrogens with zero attached hydrogens (tertiary/aromatic N) is 1. The molecule has 0 amide bonds. The molecule has 0 unspecified atom stereocenters. The second-order valence-corrected chi connectivity index (χ2v) is 4.01. The Bertz CT molecular complexity index is 696. The summed E-state index contributed by atoms with van der Waals surface area (Å²) < 4.78 is 17.0. The molecule has 0 saturated heterocycles. The average Bonchev–Trinajstić information content (AvgIpc) is 2.83. The largest absolute Gasteiger partial charge is 0.463 e. The van der Waals surface area contributed by atoms with Crippen LogP contribution >= 0.6 is 0 Å². The van der Waals surface area contributed by atoms with Crippen LogP contribution in [0.3, 0.4) is 0 Å². The zero-order valence-corrected chi connectivity index (χ0v) is 10.1. The number of hydrogen-bond acceptors (Lipinski definition) is 3. The fourth-order valence-corrected chi connectivity index (χ4v) is 1.94. The number of pyridine rings is 1. The summed E-state index contributed by atoms with van der Waals surface area (Å²) in [6, 6.07) is 11.0. The summed E-state index contributed by atoms with van der Waals surface area (Å²) in [5.74, 6) is 0.491. The Morgan fingerprint density at radius 3 is 3.11 bits per heavy atom. The molecule has 2 N–H and O–H groups in total. The number of ether oxygens (including phenoxy) is 1. The minimum atomic E-state index is -0.833. The van der Waals surface area contributed by atoms with Gasteiger partial charge in [-0.05, 0) is 24.3 Å². The zero-order valence-electron chi connectivity index (χ0n) is 10.1. The van der Waals surface area contributed by atoms with Gasteiger partial charge in [0.15, 0.2) is 0 Å². The summed E-state index contributed by atoms with van der Waals surface area (Å²) in [5, 5.41) is 4.25. The molecule has 1 aromatic carbocycles. The fourth-order valence-electron chi connectivity index (χ4n) is 1.94. The summed E-state index contributed by atoms with van der Waals surface area (Å²) >= 11 is 0. The van der Waals surface area contributed by atoms with E-state index in [1.54, 1.807) is 24.4 Å². The smallest absolute Gasteiger partial charge is 0.228 e. The van der Waals surface area contributed by atoms with Gasteiger partial charge >= 0.3 is 0 Å². The molecular formula is C14H12FN3O. The van der Waals surface area contributed by atoms with E-state index in [2.05, 4.69) is 15.3 Å². The van der Waals surface area contributed by atoms with Gasteiger partial charge < -0.3 is 15.0 Å². The molecule has 2 aromatic heterocycles. The molecule has 0 atom stereocenters. The summed E-state index contributed by atoms with van der Waals surface area (Å²) in [6.45, 7) is -0.833. The Morgan fingerprint density at radius 2 is 2.21 bits per heavy atom. The highest BCUT2D eigenvalue weighted by atomic mass is 19.1. The first-order valence-electron chi connectivity index (χ1n) is 5.85. The van der Waals surface area contributed by atoms with Crippen molar-refractivity contribution in [1.82, 2.24) is 9.97 Å². The van der Waals surface area contributed by atoms with Crippen LogP contribution < -0.4 is 10.1 Å². The second kappa shape index (κ2) is 4.97. The first kappa shape index (κ1) is 11.5. The van der Waals surface area contributed by atoms with Gasteiger partial charge in [-0.15, -0.1) is 0 Å². The maximum atomic E-state index is 12.1. The highest BCUT2D eigenvalue weighted by molar-refractivity contribution is 5.91. The van der Waals surface area contributed by atoms with Crippen molar-refractivity contribution < 1.29 is 9.13 Å². The third-order valence-electron chi connectivity index (χ3n) is 2.79. The Labute approximate surface area is 109 Å². The van der Waals surface area contributed by atoms with Gasteiger partial charge in [-0.3, -0.25) is 0 Å². The lowest BCUT2D eigenvalue weighted by Gasteiger charge is -2.07. The first-order chi connectivity index (χ1) is 9.36. The van der Waals surface area contributed by atoms with Crippen molar-refractivity contribution in [2.45, 2.75) is 0 Å². The van der Waals surface area contributed by atoms with Crippen LogP contribution in [0.1, 0.15) is 0 Å². The van der Waals surface area contributed by atoms with Crippen LogP contribution in [0.2, 0.25) is 0 Å². The molecule has 5 heteroatoms. The Balaban J connectivity index is 1.90. The van der Waals surface area contributed by atoms with Crippen molar-refractivity contribution in [3.8, 4) is 5.75 Å². The van der Waals surface area contributed by atoms with Gasteiger partial charge in [-0.1, -0.05) is 6.07 Å². The van der Waals surface area contributed by atoms with Crippen LogP contribution in [-0.2, 0) is 0 Å². The normalized spacial score (nSPS) is 10.6.